The number of methoxy groups -OCH3 is 1. The van der Waals surface area contributed by atoms with E-state index in [-0.39, 0.29) is 12.5 Å². The van der Waals surface area contributed by atoms with Gasteiger partial charge in [-0.15, -0.1) is 0 Å². The number of hydrogen-bond acceptors (Lipinski definition) is 4. The fraction of sp³-hybridized carbons (Fsp3) is 0.211. The summed E-state index contributed by atoms with van der Waals surface area (Å²) in [6, 6.07) is 11.6. The zero-order valence-electron chi connectivity index (χ0n) is 14.4. The van der Waals surface area contributed by atoms with Crippen molar-refractivity contribution >= 4 is 29.4 Å². The summed E-state index contributed by atoms with van der Waals surface area (Å²) in [7, 11) is 1.53. The Labute approximate surface area is 155 Å². The monoisotopic (exact) mass is 379 g/mol. The Morgan fingerprint density at radius 3 is 2.54 bits per heavy atom. The van der Waals surface area contributed by atoms with Gasteiger partial charge in [0.25, 0.3) is 11.7 Å². The van der Waals surface area contributed by atoms with Crippen LogP contribution in [0, 0.1) is 0 Å². The zero-order valence-corrected chi connectivity index (χ0v) is 15.2. The van der Waals surface area contributed by atoms with E-state index in [4.69, 9.17) is 9.47 Å². The van der Waals surface area contributed by atoms with Gasteiger partial charge in [-0.05, 0) is 48.9 Å². The Balaban J connectivity index is 1.92. The summed E-state index contributed by atoms with van der Waals surface area (Å²) in [6.07, 6.45) is 3.84. The van der Waals surface area contributed by atoms with E-state index in [1.54, 1.807) is 18.2 Å². The third-order valence-electron chi connectivity index (χ3n) is 3.27. The second-order valence-corrected chi connectivity index (χ2v) is 6.21. The zero-order chi connectivity index (χ0) is 18.9. The topological polar surface area (TPSA) is 47.6 Å². The number of rotatable bonds is 8. The van der Waals surface area contributed by atoms with Crippen molar-refractivity contribution < 1.29 is 23.0 Å². The first-order valence-corrected chi connectivity index (χ1v) is 8.68. The van der Waals surface area contributed by atoms with Crippen molar-refractivity contribution in [1.82, 2.24) is 0 Å². The lowest BCUT2D eigenvalue weighted by Crippen LogP contribution is -2.20. The number of hydrogen-bond donors (Lipinski definition) is 1. The third-order valence-corrected chi connectivity index (χ3v) is 3.99. The number of nitrogens with one attached hydrogen (secondary N) is 1. The highest BCUT2D eigenvalue weighted by Gasteiger charge is 2.09. The first-order chi connectivity index (χ1) is 12.5. The van der Waals surface area contributed by atoms with Crippen LogP contribution >= 0.6 is 11.8 Å². The fourth-order valence-corrected chi connectivity index (χ4v) is 2.66. The molecule has 0 heterocycles. The lowest BCUT2D eigenvalue weighted by molar-refractivity contribution is -0.118. The molecular formula is C19H19F2NO3S. The number of benzene rings is 2. The van der Waals surface area contributed by atoms with Crippen molar-refractivity contribution in [3.05, 3.63) is 54.1 Å². The minimum atomic E-state index is -2.47. The number of allylic oxidation sites excluding steroid dienone is 1. The molecule has 0 spiro atoms. The Morgan fingerprint density at radius 1 is 1.19 bits per heavy atom. The molecule has 26 heavy (non-hydrogen) atoms. The number of amides is 1. The summed E-state index contributed by atoms with van der Waals surface area (Å²) in [4.78, 5) is 12.4. The van der Waals surface area contributed by atoms with Gasteiger partial charge in [-0.2, -0.15) is 8.78 Å². The summed E-state index contributed by atoms with van der Waals surface area (Å²) in [5.74, 6) is -1.85. The van der Waals surface area contributed by atoms with Crippen molar-refractivity contribution in [3.8, 4) is 11.5 Å². The highest BCUT2D eigenvalue weighted by Crippen LogP contribution is 2.29. The van der Waals surface area contributed by atoms with E-state index < -0.39 is 5.76 Å². The van der Waals surface area contributed by atoms with Crippen LogP contribution in [0.15, 0.2) is 53.4 Å². The molecule has 0 aliphatic heterocycles. The standard InChI is InChI=1S/C19H19F2NO3S/c1-3-4-13-5-10-16(17(11-13)24-2)25-12-18(23)22-14-6-8-15(9-7-14)26-19(20)21/h3-11,19H,12H2,1-2H3,(H,22,23). The molecular weight excluding hydrogens is 360 g/mol. The number of thioether (sulfide) groups is 1. The molecule has 0 unspecified atom stereocenters. The molecule has 0 radical (unpaired) electrons. The summed E-state index contributed by atoms with van der Waals surface area (Å²) in [5, 5.41) is 2.65. The molecule has 1 N–H and O–H groups in total. The van der Waals surface area contributed by atoms with Gasteiger partial charge >= 0.3 is 0 Å². The van der Waals surface area contributed by atoms with Crippen LogP contribution in [0.1, 0.15) is 12.5 Å². The number of halogens is 2. The number of carbonyl (C=O) groups excluding carboxylic acids is 1. The van der Waals surface area contributed by atoms with Crippen LogP contribution in [0.3, 0.4) is 0 Å². The van der Waals surface area contributed by atoms with Crippen LogP contribution in [-0.2, 0) is 4.79 Å². The fourth-order valence-electron chi connectivity index (χ4n) is 2.16. The van der Waals surface area contributed by atoms with Crippen LogP contribution in [0.5, 0.6) is 11.5 Å². The van der Waals surface area contributed by atoms with Crippen molar-refractivity contribution in [1.29, 1.82) is 0 Å². The molecule has 4 nitrogen and oxygen atoms in total. The molecule has 0 atom stereocenters. The third kappa shape index (κ3) is 6.07. The minimum absolute atomic E-state index is 0.202. The molecule has 138 valence electrons. The van der Waals surface area contributed by atoms with E-state index in [0.29, 0.717) is 33.8 Å². The number of carbonyl (C=O) groups is 1. The predicted molar refractivity (Wildman–Crippen MR) is 100 cm³/mol. The lowest BCUT2D eigenvalue weighted by Gasteiger charge is -2.12. The van der Waals surface area contributed by atoms with E-state index in [0.717, 1.165) is 5.56 Å². The SMILES string of the molecule is CC=Cc1ccc(OCC(=O)Nc2ccc(SC(F)F)cc2)c(OC)c1. The van der Waals surface area contributed by atoms with Gasteiger partial charge in [0, 0.05) is 10.6 Å². The van der Waals surface area contributed by atoms with Crippen LogP contribution < -0.4 is 14.8 Å². The molecule has 7 heteroatoms. The first-order valence-electron chi connectivity index (χ1n) is 7.80. The van der Waals surface area contributed by atoms with Gasteiger partial charge in [-0.3, -0.25) is 4.79 Å². The van der Waals surface area contributed by atoms with Crippen LogP contribution in [0.2, 0.25) is 0 Å². The molecule has 0 bridgehead atoms. The van der Waals surface area contributed by atoms with E-state index in [1.807, 2.05) is 31.2 Å². The van der Waals surface area contributed by atoms with E-state index >= 15 is 0 Å². The largest absolute Gasteiger partial charge is 0.493 e. The molecule has 1 amide bonds. The normalized spacial score (nSPS) is 11.0. The lowest BCUT2D eigenvalue weighted by atomic mass is 10.2. The summed E-state index contributed by atoms with van der Waals surface area (Å²) in [5.41, 5.74) is 1.47. The maximum Gasteiger partial charge on any atom is 0.288 e. The van der Waals surface area contributed by atoms with E-state index in [1.165, 1.54) is 19.2 Å². The maximum atomic E-state index is 12.3. The highest BCUT2D eigenvalue weighted by atomic mass is 32.2. The molecule has 2 aromatic carbocycles. The van der Waals surface area contributed by atoms with Crippen molar-refractivity contribution in [2.75, 3.05) is 19.0 Å². The number of alkyl halides is 2. The number of ether oxygens (including phenoxy) is 2. The van der Waals surface area contributed by atoms with Gasteiger partial charge in [-0.1, -0.05) is 30.0 Å². The van der Waals surface area contributed by atoms with Crippen molar-refractivity contribution in [2.45, 2.75) is 17.6 Å². The average molecular weight is 379 g/mol. The number of anilines is 1. The second-order valence-electron chi connectivity index (χ2n) is 5.15. The molecule has 0 aromatic heterocycles. The Kier molecular flexibility index (Phi) is 7.47. The van der Waals surface area contributed by atoms with Gasteiger partial charge < -0.3 is 14.8 Å². The average Bonchev–Trinajstić information content (AvgIpc) is 2.62. The van der Waals surface area contributed by atoms with Crippen molar-refractivity contribution in [3.63, 3.8) is 0 Å². The van der Waals surface area contributed by atoms with Gasteiger partial charge in [-0.25, -0.2) is 0 Å². The first kappa shape index (κ1) is 19.8. The van der Waals surface area contributed by atoms with Gasteiger partial charge in [0.15, 0.2) is 18.1 Å². The minimum Gasteiger partial charge on any atom is -0.493 e. The Morgan fingerprint density at radius 2 is 1.92 bits per heavy atom. The van der Waals surface area contributed by atoms with Crippen LogP contribution in [0.25, 0.3) is 6.08 Å². The predicted octanol–water partition coefficient (Wildman–Crippen LogP) is 5.06. The molecule has 0 saturated heterocycles. The second kappa shape index (κ2) is 9.82. The Hall–Kier alpha value is -2.54. The summed E-state index contributed by atoms with van der Waals surface area (Å²) in [6.45, 7) is 1.72. The summed E-state index contributed by atoms with van der Waals surface area (Å²) >= 11 is 0.453. The summed E-state index contributed by atoms with van der Waals surface area (Å²) < 4.78 is 35.4. The van der Waals surface area contributed by atoms with Crippen LogP contribution in [0.4, 0.5) is 14.5 Å². The van der Waals surface area contributed by atoms with Gasteiger partial charge in [0.1, 0.15) is 0 Å². The highest BCUT2D eigenvalue weighted by molar-refractivity contribution is 7.99. The van der Waals surface area contributed by atoms with Crippen LogP contribution in [-0.4, -0.2) is 25.4 Å². The maximum absolute atomic E-state index is 12.3. The van der Waals surface area contributed by atoms with Gasteiger partial charge in [0.05, 0.1) is 7.11 Å². The van der Waals surface area contributed by atoms with E-state index in [2.05, 4.69) is 5.32 Å². The van der Waals surface area contributed by atoms with E-state index in [9.17, 15) is 13.6 Å². The Bertz CT molecular complexity index is 764. The van der Waals surface area contributed by atoms with Gasteiger partial charge in [0.2, 0.25) is 0 Å². The molecule has 0 aliphatic rings. The molecule has 0 saturated carbocycles. The molecule has 2 aromatic rings. The van der Waals surface area contributed by atoms with Crippen molar-refractivity contribution in [2.24, 2.45) is 0 Å². The molecule has 0 fully saturated rings. The quantitative estimate of drug-likeness (QED) is 0.651. The molecule has 2 rings (SSSR count). The molecule has 0 aliphatic carbocycles. The smallest absolute Gasteiger partial charge is 0.288 e.